The maximum atomic E-state index is 10.6. The van der Waals surface area contributed by atoms with Gasteiger partial charge in [-0.25, -0.2) is 0 Å². The summed E-state index contributed by atoms with van der Waals surface area (Å²) >= 11 is 1.63. The molecule has 0 unspecified atom stereocenters. The van der Waals surface area contributed by atoms with Gasteiger partial charge < -0.3 is 14.3 Å². The summed E-state index contributed by atoms with van der Waals surface area (Å²) in [5, 5.41) is 0. The number of thioether (sulfide) groups is 1. The van der Waals surface area contributed by atoms with Crippen LogP contribution >= 0.6 is 11.8 Å². The number of ether oxygens (including phenoxy) is 2. The SMILES string of the molecule is COCOc1c(C)cccc1SC[C@@H](C)C=O. The molecule has 0 radical (unpaired) electrons. The molecular formula is C13H18O3S. The van der Waals surface area contributed by atoms with Crippen LogP contribution in [-0.4, -0.2) is 25.9 Å². The quantitative estimate of drug-likeness (QED) is 0.426. The van der Waals surface area contributed by atoms with Crippen molar-refractivity contribution in [3.8, 4) is 5.75 Å². The molecular weight excluding hydrogens is 236 g/mol. The molecule has 0 aromatic heterocycles. The van der Waals surface area contributed by atoms with E-state index in [-0.39, 0.29) is 12.7 Å². The molecule has 0 N–H and O–H groups in total. The summed E-state index contributed by atoms with van der Waals surface area (Å²) < 4.78 is 10.5. The van der Waals surface area contributed by atoms with Gasteiger partial charge in [0.15, 0.2) is 6.79 Å². The Labute approximate surface area is 106 Å². The zero-order valence-corrected chi connectivity index (χ0v) is 11.3. The van der Waals surface area contributed by atoms with E-state index in [1.165, 1.54) is 0 Å². The molecule has 0 heterocycles. The maximum Gasteiger partial charge on any atom is 0.188 e. The first-order chi connectivity index (χ1) is 8.19. The number of hydrogen-bond donors (Lipinski definition) is 0. The summed E-state index contributed by atoms with van der Waals surface area (Å²) in [5.41, 5.74) is 1.07. The van der Waals surface area contributed by atoms with E-state index < -0.39 is 0 Å². The molecule has 94 valence electrons. The highest BCUT2D eigenvalue weighted by Gasteiger charge is 2.09. The van der Waals surface area contributed by atoms with Crippen LogP contribution in [0, 0.1) is 12.8 Å². The topological polar surface area (TPSA) is 35.5 Å². The van der Waals surface area contributed by atoms with Gasteiger partial charge in [-0.1, -0.05) is 19.1 Å². The van der Waals surface area contributed by atoms with Crippen molar-refractivity contribution in [2.24, 2.45) is 5.92 Å². The lowest BCUT2D eigenvalue weighted by Gasteiger charge is -2.13. The van der Waals surface area contributed by atoms with Crippen LogP contribution in [-0.2, 0) is 9.53 Å². The number of rotatable bonds is 7. The number of methoxy groups -OCH3 is 1. The van der Waals surface area contributed by atoms with Crippen molar-refractivity contribution in [3.63, 3.8) is 0 Å². The highest BCUT2D eigenvalue weighted by Crippen LogP contribution is 2.33. The van der Waals surface area contributed by atoms with Crippen LogP contribution in [0.2, 0.25) is 0 Å². The minimum Gasteiger partial charge on any atom is -0.466 e. The Kier molecular flexibility index (Phi) is 6.08. The van der Waals surface area contributed by atoms with Gasteiger partial charge in [0, 0.05) is 23.7 Å². The van der Waals surface area contributed by atoms with E-state index in [2.05, 4.69) is 0 Å². The Balaban J connectivity index is 2.75. The van der Waals surface area contributed by atoms with Gasteiger partial charge in [-0.15, -0.1) is 11.8 Å². The number of carbonyl (C=O) groups excluding carboxylic acids is 1. The second-order valence-electron chi connectivity index (χ2n) is 3.88. The van der Waals surface area contributed by atoms with Crippen LogP contribution < -0.4 is 4.74 Å². The third-order valence-corrected chi connectivity index (χ3v) is 3.56. The Morgan fingerprint density at radius 1 is 1.47 bits per heavy atom. The number of hydrogen-bond acceptors (Lipinski definition) is 4. The summed E-state index contributed by atoms with van der Waals surface area (Å²) in [6.07, 6.45) is 0.971. The Morgan fingerprint density at radius 2 is 2.24 bits per heavy atom. The van der Waals surface area contributed by atoms with Gasteiger partial charge in [0.2, 0.25) is 0 Å². The average Bonchev–Trinajstić information content (AvgIpc) is 2.34. The average molecular weight is 254 g/mol. The number of benzene rings is 1. The van der Waals surface area contributed by atoms with E-state index in [4.69, 9.17) is 9.47 Å². The van der Waals surface area contributed by atoms with E-state index in [1.54, 1.807) is 18.9 Å². The van der Waals surface area contributed by atoms with Gasteiger partial charge in [-0.05, 0) is 18.6 Å². The highest BCUT2D eigenvalue weighted by molar-refractivity contribution is 7.99. The molecule has 0 saturated carbocycles. The predicted octanol–water partition coefficient (Wildman–Crippen LogP) is 2.90. The Hall–Kier alpha value is -1.00. The van der Waals surface area contributed by atoms with E-state index >= 15 is 0 Å². The van der Waals surface area contributed by atoms with Crippen LogP contribution in [0.5, 0.6) is 5.75 Å². The Bertz CT molecular complexity index is 366. The van der Waals surface area contributed by atoms with Gasteiger partial charge >= 0.3 is 0 Å². The van der Waals surface area contributed by atoms with E-state index in [0.29, 0.717) is 0 Å². The molecule has 0 bridgehead atoms. The van der Waals surface area contributed by atoms with Crippen LogP contribution in [0.3, 0.4) is 0 Å². The van der Waals surface area contributed by atoms with Gasteiger partial charge in [-0.3, -0.25) is 0 Å². The lowest BCUT2D eigenvalue weighted by atomic mass is 10.2. The molecule has 3 nitrogen and oxygen atoms in total. The lowest BCUT2D eigenvalue weighted by Crippen LogP contribution is -2.03. The minimum absolute atomic E-state index is 0.0517. The first-order valence-corrected chi connectivity index (χ1v) is 6.47. The molecule has 0 aliphatic rings. The molecule has 1 atom stereocenters. The van der Waals surface area contributed by atoms with E-state index in [1.807, 2.05) is 32.0 Å². The van der Waals surface area contributed by atoms with Crippen molar-refractivity contribution in [1.29, 1.82) is 0 Å². The fraction of sp³-hybridized carbons (Fsp3) is 0.462. The molecule has 0 amide bonds. The summed E-state index contributed by atoms with van der Waals surface area (Å²) in [6.45, 7) is 4.14. The Morgan fingerprint density at radius 3 is 2.88 bits per heavy atom. The first-order valence-electron chi connectivity index (χ1n) is 5.48. The van der Waals surface area contributed by atoms with Crippen molar-refractivity contribution < 1.29 is 14.3 Å². The predicted molar refractivity (Wildman–Crippen MR) is 69.6 cm³/mol. The first kappa shape index (κ1) is 14.1. The minimum atomic E-state index is 0.0517. The van der Waals surface area contributed by atoms with Crippen LogP contribution in [0.1, 0.15) is 12.5 Å². The number of para-hydroxylation sites is 1. The van der Waals surface area contributed by atoms with Crippen molar-refractivity contribution >= 4 is 18.0 Å². The molecule has 1 rings (SSSR count). The number of aryl methyl sites for hydroxylation is 1. The van der Waals surface area contributed by atoms with E-state index in [9.17, 15) is 4.79 Å². The third kappa shape index (κ3) is 4.40. The molecule has 0 spiro atoms. The summed E-state index contributed by atoms with van der Waals surface area (Å²) in [5.74, 6) is 1.66. The fourth-order valence-electron chi connectivity index (χ4n) is 1.30. The fourth-order valence-corrected chi connectivity index (χ4v) is 2.35. The van der Waals surface area contributed by atoms with Crippen LogP contribution in [0.4, 0.5) is 0 Å². The monoisotopic (exact) mass is 254 g/mol. The molecule has 17 heavy (non-hydrogen) atoms. The summed E-state index contributed by atoms with van der Waals surface area (Å²) in [4.78, 5) is 11.6. The molecule has 4 heteroatoms. The van der Waals surface area contributed by atoms with Crippen LogP contribution in [0.15, 0.2) is 23.1 Å². The number of carbonyl (C=O) groups is 1. The second kappa shape index (κ2) is 7.35. The van der Waals surface area contributed by atoms with Gasteiger partial charge in [0.25, 0.3) is 0 Å². The standard InChI is InChI=1S/C13H18O3S/c1-10(7-14)8-17-12-6-4-5-11(2)13(12)16-9-15-3/h4-7,10H,8-9H2,1-3H3/t10-/m0/s1. The molecule has 0 saturated heterocycles. The molecule has 1 aromatic carbocycles. The normalized spacial score (nSPS) is 12.2. The molecule has 0 aliphatic heterocycles. The second-order valence-corrected chi connectivity index (χ2v) is 4.94. The summed E-state index contributed by atoms with van der Waals surface area (Å²) in [6, 6.07) is 5.99. The lowest BCUT2D eigenvalue weighted by molar-refractivity contribution is -0.110. The van der Waals surface area contributed by atoms with Gasteiger partial charge in [-0.2, -0.15) is 0 Å². The molecule has 1 aromatic rings. The van der Waals surface area contributed by atoms with Crippen LogP contribution in [0.25, 0.3) is 0 Å². The summed E-state index contributed by atoms with van der Waals surface area (Å²) in [7, 11) is 1.60. The van der Waals surface area contributed by atoms with Crippen molar-refractivity contribution in [2.45, 2.75) is 18.7 Å². The smallest absolute Gasteiger partial charge is 0.188 e. The van der Waals surface area contributed by atoms with E-state index in [0.717, 1.165) is 28.2 Å². The zero-order valence-electron chi connectivity index (χ0n) is 10.4. The van der Waals surface area contributed by atoms with Gasteiger partial charge in [0.05, 0.1) is 0 Å². The van der Waals surface area contributed by atoms with Crippen molar-refractivity contribution in [3.05, 3.63) is 23.8 Å². The maximum absolute atomic E-state index is 10.6. The third-order valence-electron chi connectivity index (χ3n) is 2.23. The van der Waals surface area contributed by atoms with Crippen molar-refractivity contribution in [2.75, 3.05) is 19.7 Å². The zero-order chi connectivity index (χ0) is 12.7. The molecule has 0 fully saturated rings. The van der Waals surface area contributed by atoms with Crippen molar-refractivity contribution in [1.82, 2.24) is 0 Å². The largest absolute Gasteiger partial charge is 0.466 e. The van der Waals surface area contributed by atoms with Gasteiger partial charge in [0.1, 0.15) is 12.0 Å². The number of aldehydes is 1. The highest BCUT2D eigenvalue weighted by atomic mass is 32.2. The molecule has 0 aliphatic carbocycles.